The van der Waals surface area contributed by atoms with Gasteiger partial charge in [-0.3, -0.25) is 14.4 Å². The van der Waals surface area contributed by atoms with Gasteiger partial charge in [-0.25, -0.2) is 0 Å². The Hall–Kier alpha value is -2.95. The fraction of sp³-hybridized carbons (Fsp3) is 0.0625. The van der Waals surface area contributed by atoms with E-state index in [2.05, 4.69) is 10.6 Å². The molecule has 1 atom stereocenters. The molecule has 5 heteroatoms. The molecule has 0 saturated heterocycles. The van der Waals surface area contributed by atoms with Gasteiger partial charge in [0.2, 0.25) is 11.7 Å². The van der Waals surface area contributed by atoms with E-state index in [-0.39, 0.29) is 0 Å². The first-order valence-electron chi connectivity index (χ1n) is 6.47. The zero-order valence-electron chi connectivity index (χ0n) is 11.0. The van der Waals surface area contributed by atoms with Gasteiger partial charge in [0.15, 0.2) is 0 Å². The number of fused-ring (bicyclic) bond motifs is 1. The van der Waals surface area contributed by atoms with Crippen LogP contribution < -0.4 is 10.6 Å². The first-order chi connectivity index (χ1) is 10.2. The van der Waals surface area contributed by atoms with Gasteiger partial charge in [0.05, 0.1) is 0 Å². The molecule has 3 rings (SSSR count). The highest BCUT2D eigenvalue weighted by molar-refractivity contribution is 6.48. The Labute approximate surface area is 121 Å². The molecule has 1 aliphatic heterocycles. The molecule has 2 amide bonds. The van der Waals surface area contributed by atoms with Crippen molar-refractivity contribution >= 4 is 29.0 Å². The van der Waals surface area contributed by atoms with Crippen LogP contribution in [0.4, 0.5) is 11.4 Å². The van der Waals surface area contributed by atoms with Gasteiger partial charge < -0.3 is 10.6 Å². The average Bonchev–Trinajstić information content (AvgIpc) is 2.49. The lowest BCUT2D eigenvalue weighted by Crippen LogP contribution is -2.39. The van der Waals surface area contributed by atoms with Gasteiger partial charge >= 0.3 is 0 Å². The van der Waals surface area contributed by atoms with Crippen LogP contribution in [0.15, 0.2) is 54.6 Å². The molecule has 0 fully saturated rings. The smallest absolute Gasteiger partial charge is 0.292 e. The Kier molecular flexibility index (Phi) is 3.23. The predicted molar refractivity (Wildman–Crippen MR) is 77.9 cm³/mol. The van der Waals surface area contributed by atoms with Crippen molar-refractivity contribution in [3.8, 4) is 0 Å². The molecular weight excluding hydrogens is 268 g/mol. The van der Waals surface area contributed by atoms with Gasteiger partial charge in [-0.05, 0) is 23.8 Å². The van der Waals surface area contributed by atoms with Crippen molar-refractivity contribution in [2.75, 3.05) is 10.6 Å². The van der Waals surface area contributed by atoms with Gasteiger partial charge in [0, 0.05) is 11.4 Å². The number of benzene rings is 2. The number of hydrogen-bond donors (Lipinski definition) is 2. The van der Waals surface area contributed by atoms with Crippen LogP contribution in [0.3, 0.4) is 0 Å². The van der Waals surface area contributed by atoms with Crippen molar-refractivity contribution in [1.82, 2.24) is 0 Å². The van der Waals surface area contributed by atoms with Crippen molar-refractivity contribution < 1.29 is 14.4 Å². The number of carbonyl (C=O) groups is 3. The van der Waals surface area contributed by atoms with Crippen molar-refractivity contribution in [2.45, 2.75) is 5.92 Å². The first kappa shape index (κ1) is 13.1. The fourth-order valence-corrected chi connectivity index (χ4v) is 2.32. The standard InChI is InChI=1S/C16H12N2O3/c19-14-13(15(20)17-10-6-2-1-3-7-10)11-8-4-5-9-12(11)18-16(14)21/h1-9,13H,(H,17,20)(H,18,21). The summed E-state index contributed by atoms with van der Waals surface area (Å²) >= 11 is 0. The predicted octanol–water partition coefficient (Wildman–Crippen LogP) is 1.93. The molecule has 0 radical (unpaired) electrons. The summed E-state index contributed by atoms with van der Waals surface area (Å²) in [6.45, 7) is 0. The summed E-state index contributed by atoms with van der Waals surface area (Å²) in [6.07, 6.45) is 0. The highest BCUT2D eigenvalue weighted by Crippen LogP contribution is 2.30. The Bertz CT molecular complexity index is 725. The monoisotopic (exact) mass is 280 g/mol. The maximum atomic E-state index is 12.4. The van der Waals surface area contributed by atoms with Crippen LogP contribution in [0, 0.1) is 0 Å². The second-order valence-electron chi connectivity index (χ2n) is 4.69. The molecule has 1 heterocycles. The summed E-state index contributed by atoms with van der Waals surface area (Å²) in [5.74, 6) is -3.13. The molecule has 5 nitrogen and oxygen atoms in total. The van der Waals surface area contributed by atoms with E-state index in [9.17, 15) is 14.4 Å². The maximum Gasteiger partial charge on any atom is 0.292 e. The van der Waals surface area contributed by atoms with E-state index in [0.717, 1.165) is 0 Å². The van der Waals surface area contributed by atoms with Gasteiger partial charge in [-0.15, -0.1) is 0 Å². The number of Topliss-reactive ketones (excluding diaryl/α,β-unsaturated/α-hetero) is 1. The highest BCUT2D eigenvalue weighted by Gasteiger charge is 2.38. The van der Waals surface area contributed by atoms with E-state index < -0.39 is 23.5 Å². The number of hydrogen-bond acceptors (Lipinski definition) is 3. The van der Waals surface area contributed by atoms with E-state index in [0.29, 0.717) is 16.9 Å². The third kappa shape index (κ3) is 2.41. The Morgan fingerprint density at radius 2 is 1.62 bits per heavy atom. The third-order valence-electron chi connectivity index (χ3n) is 3.31. The fourth-order valence-electron chi connectivity index (χ4n) is 2.32. The number of para-hydroxylation sites is 2. The van der Waals surface area contributed by atoms with Gasteiger partial charge in [-0.1, -0.05) is 36.4 Å². The van der Waals surface area contributed by atoms with E-state index in [1.54, 1.807) is 48.5 Å². The number of anilines is 2. The summed E-state index contributed by atoms with van der Waals surface area (Å²) in [6, 6.07) is 15.6. The molecule has 2 N–H and O–H groups in total. The zero-order chi connectivity index (χ0) is 14.8. The molecule has 104 valence electrons. The van der Waals surface area contributed by atoms with E-state index in [1.165, 1.54) is 0 Å². The SMILES string of the molecule is O=C1Nc2ccccc2C(C(=O)Nc2ccccc2)C1=O. The highest BCUT2D eigenvalue weighted by atomic mass is 16.2. The van der Waals surface area contributed by atoms with Crippen molar-refractivity contribution in [2.24, 2.45) is 0 Å². The second kappa shape index (κ2) is 5.20. The van der Waals surface area contributed by atoms with E-state index >= 15 is 0 Å². The maximum absolute atomic E-state index is 12.4. The third-order valence-corrected chi connectivity index (χ3v) is 3.31. The van der Waals surface area contributed by atoms with Crippen LogP contribution in [0.1, 0.15) is 11.5 Å². The van der Waals surface area contributed by atoms with Crippen LogP contribution in [-0.4, -0.2) is 17.6 Å². The number of rotatable bonds is 2. The van der Waals surface area contributed by atoms with Crippen LogP contribution >= 0.6 is 0 Å². The average molecular weight is 280 g/mol. The van der Waals surface area contributed by atoms with Gasteiger partial charge in [-0.2, -0.15) is 0 Å². The molecule has 2 aromatic rings. The van der Waals surface area contributed by atoms with Crippen LogP contribution in [-0.2, 0) is 14.4 Å². The zero-order valence-corrected chi connectivity index (χ0v) is 11.0. The minimum absolute atomic E-state index is 0.496. The van der Waals surface area contributed by atoms with Gasteiger partial charge in [0.1, 0.15) is 5.92 Å². The van der Waals surface area contributed by atoms with Crippen molar-refractivity contribution in [3.63, 3.8) is 0 Å². The number of amides is 2. The molecule has 0 saturated carbocycles. The molecule has 0 spiro atoms. The number of nitrogens with one attached hydrogen (secondary N) is 2. The summed E-state index contributed by atoms with van der Waals surface area (Å²) < 4.78 is 0. The summed E-state index contributed by atoms with van der Waals surface area (Å²) in [4.78, 5) is 36.1. The lowest BCUT2D eigenvalue weighted by atomic mass is 9.88. The molecule has 0 bridgehead atoms. The lowest BCUT2D eigenvalue weighted by Gasteiger charge is -2.23. The molecule has 0 aliphatic carbocycles. The largest absolute Gasteiger partial charge is 0.325 e. The van der Waals surface area contributed by atoms with E-state index in [1.807, 2.05) is 6.07 Å². The van der Waals surface area contributed by atoms with Gasteiger partial charge in [0.25, 0.3) is 5.91 Å². The lowest BCUT2D eigenvalue weighted by molar-refractivity contribution is -0.138. The Morgan fingerprint density at radius 3 is 2.38 bits per heavy atom. The van der Waals surface area contributed by atoms with Crippen LogP contribution in [0.5, 0.6) is 0 Å². The van der Waals surface area contributed by atoms with Crippen LogP contribution in [0.2, 0.25) is 0 Å². The second-order valence-corrected chi connectivity index (χ2v) is 4.69. The molecule has 1 unspecified atom stereocenters. The number of carbonyl (C=O) groups excluding carboxylic acids is 3. The summed E-state index contributed by atoms with van der Waals surface area (Å²) in [5.41, 5.74) is 1.59. The Balaban J connectivity index is 1.95. The van der Waals surface area contributed by atoms with E-state index in [4.69, 9.17) is 0 Å². The first-order valence-corrected chi connectivity index (χ1v) is 6.47. The minimum Gasteiger partial charge on any atom is -0.325 e. The molecule has 21 heavy (non-hydrogen) atoms. The normalized spacial score (nSPS) is 16.9. The summed E-state index contributed by atoms with van der Waals surface area (Å²) in [5, 5.41) is 5.15. The van der Waals surface area contributed by atoms with Crippen molar-refractivity contribution in [1.29, 1.82) is 0 Å². The topological polar surface area (TPSA) is 75.3 Å². The van der Waals surface area contributed by atoms with Crippen LogP contribution in [0.25, 0.3) is 0 Å². The summed E-state index contributed by atoms with van der Waals surface area (Å²) in [7, 11) is 0. The van der Waals surface area contributed by atoms with Crippen molar-refractivity contribution in [3.05, 3.63) is 60.2 Å². The number of ketones is 1. The molecular formula is C16H12N2O3. The Morgan fingerprint density at radius 1 is 0.952 bits per heavy atom. The quantitative estimate of drug-likeness (QED) is 0.652. The molecule has 0 aromatic heterocycles. The molecule has 1 aliphatic rings. The minimum atomic E-state index is -1.12. The molecule has 2 aromatic carbocycles.